The van der Waals surface area contributed by atoms with Crippen molar-refractivity contribution >= 4 is 22.3 Å². The van der Waals surface area contributed by atoms with Gasteiger partial charge in [0.2, 0.25) is 0 Å². The molecule has 0 radical (unpaired) electrons. The van der Waals surface area contributed by atoms with Gasteiger partial charge >= 0.3 is 0 Å². The molecule has 1 unspecified atom stereocenters. The van der Waals surface area contributed by atoms with E-state index in [1.165, 1.54) is 22.6 Å². The van der Waals surface area contributed by atoms with Crippen molar-refractivity contribution in [2.45, 2.75) is 66.1 Å². The molecule has 4 rings (SSSR count). The third-order valence-corrected chi connectivity index (χ3v) is 6.49. The highest BCUT2D eigenvalue weighted by Gasteiger charge is 2.29. The fourth-order valence-corrected chi connectivity index (χ4v) is 4.88. The standard InChI is InChI=1S/C22H30N6S/c1-14(2)28-17(5)18(16(4)26-28)13-27-11-7-9-20(27)19-8-6-10-21(24-19)25-22-23-12-15(3)29-22/h6,8,10,12,14,20H,7,9,11,13H2,1-5H3,(H,23,24,25). The quantitative estimate of drug-likeness (QED) is 0.596. The summed E-state index contributed by atoms with van der Waals surface area (Å²) in [5.74, 6) is 0.865. The van der Waals surface area contributed by atoms with E-state index in [1.54, 1.807) is 11.3 Å². The van der Waals surface area contributed by atoms with Gasteiger partial charge in [0.05, 0.1) is 17.4 Å². The van der Waals surface area contributed by atoms with E-state index < -0.39 is 0 Å². The fraction of sp³-hybridized carbons (Fsp3) is 0.500. The molecule has 1 atom stereocenters. The first kappa shape index (κ1) is 20.0. The molecule has 1 aliphatic heterocycles. The summed E-state index contributed by atoms with van der Waals surface area (Å²) in [5, 5.41) is 9.01. The maximum Gasteiger partial charge on any atom is 0.188 e. The minimum atomic E-state index is 0.344. The molecule has 1 aliphatic rings. The number of nitrogens with one attached hydrogen (secondary N) is 1. The van der Waals surface area contributed by atoms with E-state index >= 15 is 0 Å². The van der Waals surface area contributed by atoms with Crippen molar-refractivity contribution in [3.8, 4) is 0 Å². The summed E-state index contributed by atoms with van der Waals surface area (Å²) in [6.45, 7) is 12.8. The molecular formula is C22H30N6S. The van der Waals surface area contributed by atoms with Crippen LogP contribution >= 0.6 is 11.3 Å². The van der Waals surface area contributed by atoms with E-state index in [2.05, 4.69) is 66.6 Å². The van der Waals surface area contributed by atoms with E-state index in [0.717, 1.165) is 41.8 Å². The lowest BCUT2D eigenvalue weighted by Gasteiger charge is -2.24. The molecule has 0 aromatic carbocycles. The van der Waals surface area contributed by atoms with Gasteiger partial charge in [0.25, 0.3) is 0 Å². The second-order valence-electron chi connectivity index (χ2n) is 8.16. The molecule has 1 fully saturated rings. The third-order valence-electron chi connectivity index (χ3n) is 5.66. The average Bonchev–Trinajstić information content (AvgIpc) is 3.38. The summed E-state index contributed by atoms with van der Waals surface area (Å²) in [4.78, 5) is 13.1. The second-order valence-corrected chi connectivity index (χ2v) is 9.40. The zero-order chi connectivity index (χ0) is 20.5. The predicted octanol–water partition coefficient (Wildman–Crippen LogP) is 5.32. The molecule has 29 heavy (non-hydrogen) atoms. The Hall–Kier alpha value is -2.25. The van der Waals surface area contributed by atoms with Gasteiger partial charge in [0.1, 0.15) is 5.82 Å². The molecule has 0 aliphatic carbocycles. The lowest BCUT2D eigenvalue weighted by molar-refractivity contribution is 0.243. The molecule has 0 amide bonds. The van der Waals surface area contributed by atoms with Crippen molar-refractivity contribution in [3.05, 3.63) is 51.9 Å². The zero-order valence-corrected chi connectivity index (χ0v) is 18.8. The van der Waals surface area contributed by atoms with Crippen LogP contribution in [0.2, 0.25) is 0 Å². The molecule has 6 nitrogen and oxygen atoms in total. The van der Waals surface area contributed by atoms with E-state index in [0.29, 0.717) is 12.1 Å². The maximum atomic E-state index is 4.92. The van der Waals surface area contributed by atoms with Gasteiger partial charge in [-0.15, -0.1) is 11.3 Å². The van der Waals surface area contributed by atoms with Gasteiger partial charge in [-0.2, -0.15) is 5.10 Å². The van der Waals surface area contributed by atoms with Crippen LogP contribution in [0.4, 0.5) is 10.9 Å². The summed E-state index contributed by atoms with van der Waals surface area (Å²) in [6, 6.07) is 6.99. The summed E-state index contributed by atoms with van der Waals surface area (Å²) >= 11 is 1.65. The van der Waals surface area contributed by atoms with Gasteiger partial charge in [-0.05, 0) is 66.1 Å². The number of hydrogen-bond acceptors (Lipinski definition) is 6. The van der Waals surface area contributed by atoms with Crippen LogP contribution < -0.4 is 5.32 Å². The van der Waals surface area contributed by atoms with Crippen molar-refractivity contribution in [2.75, 3.05) is 11.9 Å². The van der Waals surface area contributed by atoms with Crippen LogP contribution in [-0.4, -0.2) is 31.2 Å². The normalized spacial score (nSPS) is 17.4. The Balaban J connectivity index is 1.54. The van der Waals surface area contributed by atoms with Crippen molar-refractivity contribution in [2.24, 2.45) is 0 Å². The molecule has 0 saturated carbocycles. The first-order chi connectivity index (χ1) is 13.9. The van der Waals surface area contributed by atoms with Gasteiger partial charge in [-0.1, -0.05) is 6.07 Å². The monoisotopic (exact) mass is 410 g/mol. The SMILES string of the molecule is Cc1cnc(Nc2cccc(C3CCCN3Cc3c(C)nn(C(C)C)c3C)n2)s1. The number of rotatable bonds is 6. The molecular weight excluding hydrogens is 380 g/mol. The van der Waals surface area contributed by atoms with Crippen LogP contribution in [0.3, 0.4) is 0 Å². The highest BCUT2D eigenvalue weighted by molar-refractivity contribution is 7.15. The van der Waals surface area contributed by atoms with Crippen molar-refractivity contribution in [1.82, 2.24) is 24.6 Å². The molecule has 3 aromatic rings. The molecule has 0 spiro atoms. The number of aromatic nitrogens is 4. The van der Waals surface area contributed by atoms with Gasteiger partial charge in [0.15, 0.2) is 5.13 Å². The minimum Gasteiger partial charge on any atom is -0.316 e. The average molecular weight is 411 g/mol. The first-order valence-electron chi connectivity index (χ1n) is 10.4. The first-order valence-corrected chi connectivity index (χ1v) is 11.2. The Kier molecular flexibility index (Phi) is 5.69. The van der Waals surface area contributed by atoms with Crippen LogP contribution in [0.5, 0.6) is 0 Å². The number of anilines is 2. The summed E-state index contributed by atoms with van der Waals surface area (Å²) in [5.41, 5.74) is 4.92. The summed E-state index contributed by atoms with van der Waals surface area (Å²) in [6.07, 6.45) is 4.23. The summed E-state index contributed by atoms with van der Waals surface area (Å²) < 4.78 is 2.15. The fourth-order valence-electron chi connectivity index (χ4n) is 4.21. The lowest BCUT2D eigenvalue weighted by atomic mass is 10.1. The van der Waals surface area contributed by atoms with Gasteiger partial charge in [0, 0.05) is 34.9 Å². The van der Waals surface area contributed by atoms with Gasteiger partial charge < -0.3 is 5.32 Å². The highest BCUT2D eigenvalue weighted by atomic mass is 32.1. The molecule has 4 heterocycles. The smallest absolute Gasteiger partial charge is 0.188 e. The maximum absolute atomic E-state index is 4.92. The third kappa shape index (κ3) is 4.21. The number of thiazole rings is 1. The Bertz CT molecular complexity index is 989. The lowest BCUT2D eigenvalue weighted by Crippen LogP contribution is -2.24. The Morgan fingerprint density at radius 3 is 2.76 bits per heavy atom. The highest BCUT2D eigenvalue weighted by Crippen LogP contribution is 2.34. The molecule has 7 heteroatoms. The van der Waals surface area contributed by atoms with Gasteiger partial charge in [-0.25, -0.2) is 9.97 Å². The topological polar surface area (TPSA) is 58.9 Å². The molecule has 3 aromatic heterocycles. The molecule has 154 valence electrons. The Labute approximate surface area is 177 Å². The molecule has 1 N–H and O–H groups in total. The van der Waals surface area contributed by atoms with Crippen molar-refractivity contribution in [3.63, 3.8) is 0 Å². The van der Waals surface area contributed by atoms with Crippen LogP contribution in [0.15, 0.2) is 24.4 Å². The van der Waals surface area contributed by atoms with E-state index in [-0.39, 0.29) is 0 Å². The van der Waals surface area contributed by atoms with Gasteiger partial charge in [-0.3, -0.25) is 9.58 Å². The van der Waals surface area contributed by atoms with Crippen LogP contribution in [0.25, 0.3) is 0 Å². The number of nitrogens with zero attached hydrogens (tertiary/aromatic N) is 5. The van der Waals surface area contributed by atoms with E-state index in [4.69, 9.17) is 10.1 Å². The largest absolute Gasteiger partial charge is 0.316 e. The second kappa shape index (κ2) is 8.24. The van der Waals surface area contributed by atoms with E-state index in [9.17, 15) is 0 Å². The van der Waals surface area contributed by atoms with Crippen LogP contribution in [0.1, 0.15) is 66.3 Å². The number of pyridine rings is 1. The number of aryl methyl sites for hydroxylation is 2. The molecule has 1 saturated heterocycles. The number of hydrogen-bond donors (Lipinski definition) is 1. The minimum absolute atomic E-state index is 0.344. The Morgan fingerprint density at radius 2 is 2.07 bits per heavy atom. The Morgan fingerprint density at radius 1 is 1.24 bits per heavy atom. The summed E-state index contributed by atoms with van der Waals surface area (Å²) in [7, 11) is 0. The van der Waals surface area contributed by atoms with Crippen LogP contribution in [0, 0.1) is 20.8 Å². The van der Waals surface area contributed by atoms with E-state index in [1.807, 2.05) is 12.3 Å². The van der Waals surface area contributed by atoms with Crippen LogP contribution in [-0.2, 0) is 6.54 Å². The molecule has 0 bridgehead atoms. The van der Waals surface area contributed by atoms with Crippen molar-refractivity contribution in [1.29, 1.82) is 0 Å². The predicted molar refractivity (Wildman–Crippen MR) is 119 cm³/mol. The van der Waals surface area contributed by atoms with Crippen molar-refractivity contribution < 1.29 is 0 Å². The zero-order valence-electron chi connectivity index (χ0n) is 17.9. The number of likely N-dealkylation sites (tertiary alicyclic amines) is 1.